The average Bonchev–Trinajstić information content (AvgIpc) is 2.81. The van der Waals surface area contributed by atoms with Crippen LogP contribution in [0.2, 0.25) is 0 Å². The van der Waals surface area contributed by atoms with E-state index in [-0.39, 0.29) is 10.8 Å². The van der Waals surface area contributed by atoms with E-state index in [2.05, 4.69) is 10.3 Å². The largest absolute Gasteiger partial charge is 0.399 e. The molecular weight excluding hydrogens is 262 g/mol. The molecule has 0 aliphatic heterocycles. The number of nitrogen functional groups attached to an aromatic ring is 1. The van der Waals surface area contributed by atoms with Crippen molar-refractivity contribution in [1.29, 1.82) is 0 Å². The Balaban J connectivity index is 1.75. The molecule has 1 aromatic carbocycles. The van der Waals surface area contributed by atoms with Crippen LogP contribution in [0.25, 0.3) is 0 Å². The van der Waals surface area contributed by atoms with Crippen molar-refractivity contribution < 1.29 is 4.79 Å². The van der Waals surface area contributed by atoms with Crippen molar-refractivity contribution in [3.8, 4) is 0 Å². The lowest BCUT2D eigenvalue weighted by atomic mass is 10.1. The minimum absolute atomic E-state index is 0.0381. The zero-order chi connectivity index (χ0) is 13.7. The summed E-state index contributed by atoms with van der Waals surface area (Å²) in [6.45, 7) is 0.360. The van der Waals surface area contributed by atoms with Gasteiger partial charge >= 0.3 is 4.87 Å². The Morgan fingerprint density at radius 3 is 2.68 bits per heavy atom. The molecule has 1 aromatic heterocycles. The van der Waals surface area contributed by atoms with Gasteiger partial charge in [-0.25, -0.2) is 0 Å². The van der Waals surface area contributed by atoms with Crippen LogP contribution in [0.15, 0.2) is 34.4 Å². The molecule has 5 nitrogen and oxygen atoms in total. The normalized spacial score (nSPS) is 10.3. The van der Waals surface area contributed by atoms with Gasteiger partial charge in [-0.2, -0.15) is 0 Å². The van der Waals surface area contributed by atoms with Crippen LogP contribution < -0.4 is 15.9 Å². The van der Waals surface area contributed by atoms with Gasteiger partial charge in [0, 0.05) is 23.2 Å². The fourth-order valence-corrected chi connectivity index (χ4v) is 2.21. The van der Waals surface area contributed by atoms with Crippen molar-refractivity contribution in [3.63, 3.8) is 0 Å². The van der Waals surface area contributed by atoms with Gasteiger partial charge in [0.25, 0.3) is 0 Å². The van der Waals surface area contributed by atoms with Gasteiger partial charge < -0.3 is 16.0 Å². The second kappa shape index (κ2) is 6.19. The number of hydrogen-bond acceptors (Lipinski definition) is 4. The highest BCUT2D eigenvalue weighted by atomic mass is 32.1. The Morgan fingerprint density at radius 2 is 2.05 bits per heavy atom. The first-order valence-electron chi connectivity index (χ1n) is 5.91. The maximum Gasteiger partial charge on any atom is 0.304 e. The van der Waals surface area contributed by atoms with Crippen LogP contribution in [-0.4, -0.2) is 10.9 Å². The summed E-state index contributed by atoms with van der Waals surface area (Å²) in [5.74, 6) is -0.0381. The number of aryl methyl sites for hydroxylation is 1. The summed E-state index contributed by atoms with van der Waals surface area (Å²) in [5, 5.41) is 4.48. The van der Waals surface area contributed by atoms with Gasteiger partial charge in [-0.15, -0.1) is 0 Å². The van der Waals surface area contributed by atoms with Crippen molar-refractivity contribution in [2.45, 2.75) is 19.4 Å². The third-order valence-electron chi connectivity index (χ3n) is 2.67. The summed E-state index contributed by atoms with van der Waals surface area (Å²) in [6, 6.07) is 7.48. The molecule has 0 saturated carbocycles. The second-order valence-electron chi connectivity index (χ2n) is 4.19. The van der Waals surface area contributed by atoms with E-state index in [9.17, 15) is 9.59 Å². The molecule has 0 atom stereocenters. The monoisotopic (exact) mass is 277 g/mol. The molecule has 0 aliphatic carbocycles. The molecule has 0 unspecified atom stereocenters. The van der Waals surface area contributed by atoms with Crippen LogP contribution in [0.4, 0.5) is 5.69 Å². The number of anilines is 1. The number of rotatable bonds is 5. The maximum atomic E-state index is 11.6. The van der Waals surface area contributed by atoms with E-state index >= 15 is 0 Å². The van der Waals surface area contributed by atoms with Crippen LogP contribution in [-0.2, 0) is 17.8 Å². The van der Waals surface area contributed by atoms with Crippen LogP contribution in [0.3, 0.4) is 0 Å². The lowest BCUT2D eigenvalue weighted by molar-refractivity contribution is -0.121. The molecule has 1 heterocycles. The topological polar surface area (TPSA) is 88.0 Å². The molecule has 1 amide bonds. The lowest BCUT2D eigenvalue weighted by Gasteiger charge is -2.04. The Hall–Kier alpha value is -2.08. The second-order valence-corrected chi connectivity index (χ2v) is 5.03. The molecule has 0 spiro atoms. The number of nitrogens with one attached hydrogen (secondary N) is 2. The summed E-state index contributed by atoms with van der Waals surface area (Å²) >= 11 is 1.09. The van der Waals surface area contributed by atoms with Crippen LogP contribution >= 0.6 is 11.3 Å². The summed E-state index contributed by atoms with van der Waals surface area (Å²) in [6.07, 6.45) is 1.09. The molecule has 2 rings (SSSR count). The fourth-order valence-electron chi connectivity index (χ4n) is 1.62. The number of aromatic nitrogens is 1. The predicted molar refractivity (Wildman–Crippen MR) is 76.0 cm³/mol. The summed E-state index contributed by atoms with van der Waals surface area (Å²) in [4.78, 5) is 25.1. The third-order valence-corrected chi connectivity index (χ3v) is 3.39. The highest BCUT2D eigenvalue weighted by molar-refractivity contribution is 7.07. The van der Waals surface area contributed by atoms with Crippen LogP contribution in [0.1, 0.15) is 17.7 Å². The van der Waals surface area contributed by atoms with Gasteiger partial charge in [0.05, 0.1) is 6.54 Å². The standard InChI is InChI=1S/C13H15N3O2S/c14-10-4-1-9(2-5-10)3-6-12(17)15-7-11-8-19-13(18)16-11/h1-2,4-5,8H,3,6-7,14H2,(H,15,17)(H,16,18). The summed E-state index contributed by atoms with van der Waals surface area (Å²) < 4.78 is 0. The number of nitrogens with two attached hydrogens (primary N) is 1. The molecule has 19 heavy (non-hydrogen) atoms. The summed E-state index contributed by atoms with van der Waals surface area (Å²) in [5.41, 5.74) is 8.12. The number of benzene rings is 1. The molecule has 4 N–H and O–H groups in total. The first-order chi connectivity index (χ1) is 9.13. The Kier molecular flexibility index (Phi) is 4.35. The molecule has 0 bridgehead atoms. The molecule has 0 fully saturated rings. The molecule has 0 aliphatic rings. The molecular formula is C13H15N3O2S. The number of thiazole rings is 1. The number of carbonyl (C=O) groups is 1. The first-order valence-corrected chi connectivity index (χ1v) is 6.79. The van der Waals surface area contributed by atoms with Gasteiger partial charge in [-0.05, 0) is 24.1 Å². The Morgan fingerprint density at radius 1 is 1.32 bits per heavy atom. The highest BCUT2D eigenvalue weighted by Gasteiger charge is 2.03. The van der Waals surface area contributed by atoms with Crippen molar-refractivity contribution in [2.75, 3.05) is 5.73 Å². The van der Waals surface area contributed by atoms with E-state index in [0.717, 1.165) is 28.3 Å². The first kappa shape index (κ1) is 13.4. The highest BCUT2D eigenvalue weighted by Crippen LogP contribution is 2.07. The quantitative estimate of drug-likeness (QED) is 0.719. The van der Waals surface area contributed by atoms with Gasteiger partial charge in [0.15, 0.2) is 0 Å². The molecule has 0 saturated heterocycles. The number of carbonyl (C=O) groups excluding carboxylic acids is 1. The molecule has 6 heteroatoms. The van der Waals surface area contributed by atoms with Crippen LogP contribution in [0.5, 0.6) is 0 Å². The van der Waals surface area contributed by atoms with Gasteiger partial charge in [0.2, 0.25) is 5.91 Å². The Labute approximate surface area is 114 Å². The minimum Gasteiger partial charge on any atom is -0.399 e. The van der Waals surface area contributed by atoms with Crippen molar-refractivity contribution in [1.82, 2.24) is 10.3 Å². The molecule has 100 valence electrons. The minimum atomic E-state index is -0.105. The maximum absolute atomic E-state index is 11.6. The Bertz CT molecular complexity index is 601. The van der Waals surface area contributed by atoms with Crippen LogP contribution in [0, 0.1) is 0 Å². The number of amides is 1. The number of H-pyrrole nitrogens is 1. The van der Waals surface area contributed by atoms with E-state index in [1.165, 1.54) is 0 Å². The SMILES string of the molecule is Nc1ccc(CCC(=O)NCc2csc(=O)[nH]2)cc1. The van der Waals surface area contributed by atoms with E-state index < -0.39 is 0 Å². The molecule has 0 radical (unpaired) electrons. The fraction of sp³-hybridized carbons (Fsp3) is 0.231. The van der Waals surface area contributed by atoms with E-state index in [1.54, 1.807) is 5.38 Å². The van der Waals surface area contributed by atoms with Gasteiger partial charge in [-0.1, -0.05) is 23.5 Å². The van der Waals surface area contributed by atoms with Crippen molar-refractivity contribution in [3.05, 3.63) is 50.6 Å². The van der Waals surface area contributed by atoms with E-state index in [4.69, 9.17) is 5.73 Å². The third kappa shape index (κ3) is 4.26. The zero-order valence-corrected chi connectivity index (χ0v) is 11.1. The predicted octanol–water partition coefficient (Wildman–Crippen LogP) is 1.27. The van der Waals surface area contributed by atoms with E-state index in [1.807, 2.05) is 24.3 Å². The van der Waals surface area contributed by atoms with Gasteiger partial charge in [0.1, 0.15) is 0 Å². The smallest absolute Gasteiger partial charge is 0.304 e. The van der Waals surface area contributed by atoms with Crippen molar-refractivity contribution in [2.24, 2.45) is 0 Å². The van der Waals surface area contributed by atoms with E-state index in [0.29, 0.717) is 19.4 Å². The zero-order valence-electron chi connectivity index (χ0n) is 10.3. The lowest BCUT2D eigenvalue weighted by Crippen LogP contribution is -2.23. The van der Waals surface area contributed by atoms with Crippen molar-refractivity contribution >= 4 is 22.9 Å². The summed E-state index contributed by atoms with van der Waals surface area (Å²) in [7, 11) is 0. The number of aromatic amines is 1. The average molecular weight is 277 g/mol. The van der Waals surface area contributed by atoms with Gasteiger partial charge in [-0.3, -0.25) is 9.59 Å². The number of hydrogen-bond donors (Lipinski definition) is 3. The molecule has 2 aromatic rings.